The summed E-state index contributed by atoms with van der Waals surface area (Å²) in [5.74, 6) is 1.84. The van der Waals surface area contributed by atoms with Gasteiger partial charge in [0.2, 0.25) is 0 Å². The van der Waals surface area contributed by atoms with Gasteiger partial charge in [0.05, 0.1) is 23.4 Å². The van der Waals surface area contributed by atoms with Gasteiger partial charge in [-0.3, -0.25) is 4.90 Å². The van der Waals surface area contributed by atoms with Crippen molar-refractivity contribution in [2.45, 2.75) is 19.4 Å². The number of aromatic amines is 1. The van der Waals surface area contributed by atoms with E-state index in [1.165, 1.54) is 17.0 Å². The Morgan fingerprint density at radius 2 is 1.94 bits per heavy atom. The normalized spacial score (nSPS) is 18.4. The van der Waals surface area contributed by atoms with E-state index in [9.17, 15) is 4.39 Å². The number of morpholine rings is 1. The monoisotopic (exact) mass is 480 g/mol. The molecule has 0 spiro atoms. The number of piperidine rings is 1. The molecule has 3 N–H and O–H groups in total. The van der Waals surface area contributed by atoms with E-state index in [0.29, 0.717) is 30.5 Å². The van der Waals surface area contributed by atoms with Crippen molar-refractivity contribution in [2.75, 3.05) is 50.8 Å². The number of hydrogen-bond acceptors (Lipinski definition) is 7. The van der Waals surface area contributed by atoms with E-state index < -0.39 is 0 Å². The Hall–Kier alpha value is -2.59. The summed E-state index contributed by atoms with van der Waals surface area (Å²) in [5.41, 5.74) is 8.26. The van der Waals surface area contributed by atoms with Crippen LogP contribution in [-0.4, -0.2) is 65.8 Å². The van der Waals surface area contributed by atoms with Crippen molar-refractivity contribution >= 4 is 38.3 Å². The molecule has 6 rings (SSSR count). The van der Waals surface area contributed by atoms with Gasteiger partial charge in [0, 0.05) is 47.2 Å². The average molecular weight is 481 g/mol. The standard InChI is InChI=1S/C25H29FN6OS/c26-17-11-20(19-1-4-28-21(19)12-17)24-29-22-13-18(15-31-5-2-16(14-27)3-6-31)34-23(22)25(30-24)32-7-9-33-10-8-32/h1,4,11-13,16,28H,2-3,5-10,14-15,27H2. The third-order valence-corrected chi connectivity index (χ3v) is 8.11. The number of hydrogen-bond donors (Lipinski definition) is 2. The maximum absolute atomic E-state index is 14.4. The Kier molecular flexibility index (Phi) is 5.94. The summed E-state index contributed by atoms with van der Waals surface area (Å²) in [6.07, 6.45) is 4.15. The van der Waals surface area contributed by atoms with Crippen molar-refractivity contribution in [2.24, 2.45) is 11.7 Å². The molecule has 5 heterocycles. The number of thiophene rings is 1. The molecule has 4 aromatic rings. The van der Waals surface area contributed by atoms with Crippen LogP contribution in [0.1, 0.15) is 17.7 Å². The molecule has 0 bridgehead atoms. The molecule has 178 valence electrons. The molecule has 7 nitrogen and oxygen atoms in total. The van der Waals surface area contributed by atoms with Crippen LogP contribution in [0.25, 0.3) is 32.5 Å². The number of anilines is 1. The predicted molar refractivity (Wildman–Crippen MR) is 135 cm³/mol. The highest BCUT2D eigenvalue weighted by Gasteiger charge is 2.23. The SMILES string of the molecule is NCC1CCN(Cc2cc3nc(-c4cc(F)cc5[nH]ccc45)nc(N4CCOCC4)c3s2)CC1. The molecule has 0 unspecified atom stereocenters. The van der Waals surface area contributed by atoms with Gasteiger partial charge in [0.25, 0.3) is 0 Å². The van der Waals surface area contributed by atoms with Gasteiger partial charge >= 0.3 is 0 Å². The lowest BCUT2D eigenvalue weighted by Gasteiger charge is -2.30. The van der Waals surface area contributed by atoms with Crippen LogP contribution in [0.15, 0.2) is 30.5 Å². The van der Waals surface area contributed by atoms with Gasteiger partial charge in [-0.05, 0) is 62.7 Å². The summed E-state index contributed by atoms with van der Waals surface area (Å²) in [4.78, 5) is 19.1. The summed E-state index contributed by atoms with van der Waals surface area (Å²) in [6.45, 7) is 6.79. The Balaban J connectivity index is 1.41. The number of rotatable bonds is 5. The Morgan fingerprint density at radius 3 is 2.74 bits per heavy atom. The molecule has 3 aromatic heterocycles. The number of likely N-dealkylation sites (tertiary alicyclic amines) is 1. The molecular formula is C25H29FN6OS. The van der Waals surface area contributed by atoms with Gasteiger partial charge in [-0.2, -0.15) is 0 Å². The molecule has 0 saturated carbocycles. The van der Waals surface area contributed by atoms with Gasteiger partial charge in [0.1, 0.15) is 5.82 Å². The summed E-state index contributed by atoms with van der Waals surface area (Å²) in [5, 5.41) is 0.923. The number of halogens is 1. The second-order valence-corrected chi connectivity index (χ2v) is 10.4. The van der Waals surface area contributed by atoms with E-state index in [1.54, 1.807) is 11.3 Å². The van der Waals surface area contributed by atoms with Crippen LogP contribution in [0, 0.1) is 11.7 Å². The number of nitrogens with one attached hydrogen (secondary N) is 1. The number of benzene rings is 1. The minimum atomic E-state index is -0.298. The van der Waals surface area contributed by atoms with Gasteiger partial charge in [-0.25, -0.2) is 14.4 Å². The summed E-state index contributed by atoms with van der Waals surface area (Å²) < 4.78 is 21.1. The Bertz CT molecular complexity index is 1310. The average Bonchev–Trinajstić information content (AvgIpc) is 3.50. The van der Waals surface area contributed by atoms with Crippen LogP contribution in [-0.2, 0) is 11.3 Å². The van der Waals surface area contributed by atoms with E-state index in [-0.39, 0.29) is 5.82 Å². The van der Waals surface area contributed by atoms with Gasteiger partial charge in [-0.1, -0.05) is 0 Å². The second kappa shape index (κ2) is 9.22. The van der Waals surface area contributed by atoms with Crippen molar-refractivity contribution in [3.8, 4) is 11.4 Å². The molecule has 2 aliphatic heterocycles. The molecule has 2 aliphatic rings. The number of H-pyrrole nitrogens is 1. The van der Waals surface area contributed by atoms with E-state index in [1.807, 2.05) is 12.3 Å². The summed E-state index contributed by atoms with van der Waals surface area (Å²) in [7, 11) is 0. The first-order valence-electron chi connectivity index (χ1n) is 12.0. The first-order chi connectivity index (χ1) is 16.7. The first-order valence-corrected chi connectivity index (χ1v) is 12.8. The second-order valence-electron chi connectivity index (χ2n) is 9.24. The lowest BCUT2D eigenvalue weighted by molar-refractivity contribution is 0.122. The first kappa shape index (κ1) is 21.9. The zero-order valence-corrected chi connectivity index (χ0v) is 19.9. The van der Waals surface area contributed by atoms with Gasteiger partial charge < -0.3 is 20.4 Å². The quantitative estimate of drug-likeness (QED) is 0.450. The highest BCUT2D eigenvalue weighted by atomic mass is 32.1. The molecule has 34 heavy (non-hydrogen) atoms. The summed E-state index contributed by atoms with van der Waals surface area (Å²) >= 11 is 1.78. The lowest BCUT2D eigenvalue weighted by Crippen LogP contribution is -2.36. The zero-order valence-electron chi connectivity index (χ0n) is 19.1. The minimum Gasteiger partial charge on any atom is -0.378 e. The maximum atomic E-state index is 14.4. The predicted octanol–water partition coefficient (Wildman–Crippen LogP) is 3.99. The fourth-order valence-electron chi connectivity index (χ4n) is 5.07. The number of aromatic nitrogens is 3. The highest BCUT2D eigenvalue weighted by Crippen LogP contribution is 2.37. The van der Waals surface area contributed by atoms with E-state index >= 15 is 0 Å². The minimum absolute atomic E-state index is 0.298. The molecule has 1 aromatic carbocycles. The van der Waals surface area contributed by atoms with Crippen molar-refractivity contribution < 1.29 is 9.13 Å². The number of nitrogens with zero attached hydrogens (tertiary/aromatic N) is 4. The van der Waals surface area contributed by atoms with Crippen LogP contribution >= 0.6 is 11.3 Å². The molecule has 9 heteroatoms. The molecule has 0 amide bonds. The van der Waals surface area contributed by atoms with E-state index in [2.05, 4.69) is 20.9 Å². The van der Waals surface area contributed by atoms with Crippen molar-refractivity contribution in [1.82, 2.24) is 19.9 Å². The third kappa shape index (κ3) is 4.17. The molecule has 0 aliphatic carbocycles. The topological polar surface area (TPSA) is 83.3 Å². The van der Waals surface area contributed by atoms with Gasteiger partial charge in [-0.15, -0.1) is 11.3 Å². The largest absolute Gasteiger partial charge is 0.378 e. The number of ether oxygens (including phenoxy) is 1. The Morgan fingerprint density at radius 1 is 1.12 bits per heavy atom. The van der Waals surface area contributed by atoms with E-state index in [0.717, 1.165) is 79.0 Å². The third-order valence-electron chi connectivity index (χ3n) is 7.01. The maximum Gasteiger partial charge on any atom is 0.163 e. The Labute approximate surface area is 201 Å². The fourth-order valence-corrected chi connectivity index (χ4v) is 6.22. The van der Waals surface area contributed by atoms with Crippen LogP contribution in [0.3, 0.4) is 0 Å². The van der Waals surface area contributed by atoms with Gasteiger partial charge in [0.15, 0.2) is 11.6 Å². The van der Waals surface area contributed by atoms with Crippen LogP contribution in [0.4, 0.5) is 10.2 Å². The highest BCUT2D eigenvalue weighted by molar-refractivity contribution is 7.19. The van der Waals surface area contributed by atoms with Crippen LogP contribution in [0.2, 0.25) is 0 Å². The van der Waals surface area contributed by atoms with Crippen LogP contribution < -0.4 is 10.6 Å². The molecule has 2 saturated heterocycles. The number of nitrogens with two attached hydrogens (primary N) is 1. The lowest BCUT2D eigenvalue weighted by atomic mass is 9.97. The fraction of sp³-hybridized carbons (Fsp3) is 0.440. The molecule has 0 radical (unpaired) electrons. The summed E-state index contributed by atoms with van der Waals surface area (Å²) in [6, 6.07) is 7.19. The van der Waals surface area contributed by atoms with Crippen molar-refractivity contribution in [3.63, 3.8) is 0 Å². The van der Waals surface area contributed by atoms with Crippen LogP contribution in [0.5, 0.6) is 0 Å². The molecule has 2 fully saturated rings. The molecular weight excluding hydrogens is 451 g/mol. The molecule has 0 atom stereocenters. The van der Waals surface area contributed by atoms with E-state index in [4.69, 9.17) is 20.4 Å². The smallest absolute Gasteiger partial charge is 0.163 e. The zero-order chi connectivity index (χ0) is 23.1. The van der Waals surface area contributed by atoms with Crippen molar-refractivity contribution in [3.05, 3.63) is 41.2 Å². The number of fused-ring (bicyclic) bond motifs is 2. The van der Waals surface area contributed by atoms with Crippen molar-refractivity contribution in [1.29, 1.82) is 0 Å².